The minimum atomic E-state index is -0.768. The molecule has 0 bridgehead atoms. The summed E-state index contributed by atoms with van der Waals surface area (Å²) in [4.78, 5) is 10.7. The van der Waals surface area contributed by atoms with Crippen LogP contribution in [-0.2, 0) is 4.74 Å². The first-order valence-electron chi connectivity index (χ1n) is 3.75. The van der Waals surface area contributed by atoms with Gasteiger partial charge < -0.3 is 15.2 Å². The van der Waals surface area contributed by atoms with E-state index in [4.69, 9.17) is 10.5 Å². The van der Waals surface area contributed by atoms with Crippen LogP contribution in [0.1, 0.15) is 5.56 Å². The Hall–Kier alpha value is -1.71. The molecule has 1 aromatic rings. The maximum atomic E-state index is 10.7. The molecule has 0 saturated carbocycles. The van der Waals surface area contributed by atoms with Crippen LogP contribution in [0.15, 0.2) is 18.2 Å². The molecular weight excluding hydrogens is 170 g/mol. The Labute approximate surface area is 76.3 Å². The van der Waals surface area contributed by atoms with Crippen LogP contribution in [-0.4, -0.2) is 13.3 Å². The zero-order valence-corrected chi connectivity index (χ0v) is 7.53. The quantitative estimate of drug-likeness (QED) is 0.407. The molecule has 4 nitrogen and oxygen atoms in total. The molecule has 0 saturated heterocycles. The maximum Gasteiger partial charge on any atom is 0.513 e. The lowest BCUT2D eigenvalue weighted by molar-refractivity contribution is 0.121. The number of anilines is 1. The molecule has 2 N–H and O–H groups in total. The first-order chi connectivity index (χ1) is 6.13. The number of ether oxygens (including phenoxy) is 2. The summed E-state index contributed by atoms with van der Waals surface area (Å²) in [5, 5.41) is 0. The number of aryl methyl sites for hydroxylation is 1. The standard InChI is InChI=1S/C9H11NO3/c1-6-3-4-8(7(10)5-6)13-9(11)12-2/h3-5H,10H2,1-2H3. The number of hydrogen-bond donors (Lipinski definition) is 1. The number of carbonyl (C=O) groups excluding carboxylic acids is 1. The van der Waals surface area contributed by atoms with Crippen molar-refractivity contribution in [1.82, 2.24) is 0 Å². The number of benzene rings is 1. The lowest BCUT2D eigenvalue weighted by atomic mass is 10.2. The van der Waals surface area contributed by atoms with E-state index in [0.29, 0.717) is 11.4 Å². The second-order valence-electron chi connectivity index (χ2n) is 2.60. The summed E-state index contributed by atoms with van der Waals surface area (Å²) >= 11 is 0. The van der Waals surface area contributed by atoms with Crippen molar-refractivity contribution in [1.29, 1.82) is 0 Å². The molecule has 0 amide bonds. The predicted molar refractivity (Wildman–Crippen MR) is 48.6 cm³/mol. The number of carbonyl (C=O) groups is 1. The van der Waals surface area contributed by atoms with Crippen LogP contribution < -0.4 is 10.5 Å². The molecule has 1 aromatic carbocycles. The third-order valence-electron chi connectivity index (χ3n) is 1.53. The van der Waals surface area contributed by atoms with E-state index >= 15 is 0 Å². The highest BCUT2D eigenvalue weighted by Crippen LogP contribution is 2.22. The van der Waals surface area contributed by atoms with Gasteiger partial charge in [-0.3, -0.25) is 0 Å². The Balaban J connectivity index is 2.83. The number of nitrogens with two attached hydrogens (primary N) is 1. The zero-order valence-electron chi connectivity index (χ0n) is 7.53. The van der Waals surface area contributed by atoms with Crippen LogP contribution in [0, 0.1) is 6.92 Å². The zero-order chi connectivity index (χ0) is 9.84. The Morgan fingerprint density at radius 2 is 2.15 bits per heavy atom. The average molecular weight is 181 g/mol. The smallest absolute Gasteiger partial charge is 0.437 e. The maximum absolute atomic E-state index is 10.7. The summed E-state index contributed by atoms with van der Waals surface area (Å²) in [6.45, 7) is 1.90. The van der Waals surface area contributed by atoms with Crippen LogP contribution in [0.5, 0.6) is 5.75 Å². The molecule has 70 valence electrons. The van der Waals surface area contributed by atoms with Gasteiger partial charge in [-0.2, -0.15) is 0 Å². The molecule has 0 aliphatic carbocycles. The predicted octanol–water partition coefficient (Wildman–Crippen LogP) is 1.72. The second-order valence-corrected chi connectivity index (χ2v) is 2.60. The molecule has 0 atom stereocenters. The number of methoxy groups -OCH3 is 1. The summed E-state index contributed by atoms with van der Waals surface area (Å²) in [5.74, 6) is 0.317. The fourth-order valence-electron chi connectivity index (χ4n) is 0.892. The van der Waals surface area contributed by atoms with E-state index in [0.717, 1.165) is 5.56 Å². The number of nitrogen functional groups attached to an aromatic ring is 1. The van der Waals surface area contributed by atoms with Crippen molar-refractivity contribution in [2.75, 3.05) is 12.8 Å². The molecule has 0 fully saturated rings. The molecule has 0 spiro atoms. The van der Waals surface area contributed by atoms with Crippen molar-refractivity contribution < 1.29 is 14.3 Å². The minimum absolute atomic E-state index is 0.317. The highest BCUT2D eigenvalue weighted by Gasteiger charge is 2.06. The molecular formula is C9H11NO3. The molecule has 13 heavy (non-hydrogen) atoms. The van der Waals surface area contributed by atoms with Crippen molar-refractivity contribution in [3.05, 3.63) is 23.8 Å². The third kappa shape index (κ3) is 2.37. The van der Waals surface area contributed by atoms with E-state index in [9.17, 15) is 4.79 Å². The summed E-state index contributed by atoms with van der Waals surface area (Å²) in [6, 6.07) is 5.15. The Kier molecular flexibility index (Phi) is 2.74. The molecule has 0 aliphatic heterocycles. The van der Waals surface area contributed by atoms with Gasteiger partial charge in [0.1, 0.15) is 0 Å². The van der Waals surface area contributed by atoms with Gasteiger partial charge in [-0.05, 0) is 24.6 Å². The number of hydrogen-bond acceptors (Lipinski definition) is 4. The summed E-state index contributed by atoms with van der Waals surface area (Å²) < 4.78 is 9.09. The van der Waals surface area contributed by atoms with Gasteiger partial charge in [0.25, 0.3) is 0 Å². The first-order valence-corrected chi connectivity index (χ1v) is 3.75. The normalized spacial score (nSPS) is 9.38. The largest absolute Gasteiger partial charge is 0.513 e. The Morgan fingerprint density at radius 3 is 2.69 bits per heavy atom. The summed E-state index contributed by atoms with van der Waals surface area (Å²) in [7, 11) is 1.24. The van der Waals surface area contributed by atoms with E-state index in [-0.39, 0.29) is 0 Å². The van der Waals surface area contributed by atoms with Crippen LogP contribution >= 0.6 is 0 Å². The van der Waals surface area contributed by atoms with Gasteiger partial charge in [0, 0.05) is 0 Å². The SMILES string of the molecule is COC(=O)Oc1ccc(C)cc1N. The van der Waals surface area contributed by atoms with E-state index in [1.165, 1.54) is 7.11 Å². The van der Waals surface area contributed by atoms with Crippen molar-refractivity contribution in [2.24, 2.45) is 0 Å². The van der Waals surface area contributed by atoms with Gasteiger partial charge in [-0.15, -0.1) is 0 Å². The van der Waals surface area contributed by atoms with E-state index in [2.05, 4.69) is 4.74 Å². The van der Waals surface area contributed by atoms with Crippen LogP contribution in [0.4, 0.5) is 10.5 Å². The average Bonchev–Trinajstić information content (AvgIpc) is 2.09. The fraction of sp³-hybridized carbons (Fsp3) is 0.222. The highest BCUT2D eigenvalue weighted by molar-refractivity contribution is 5.67. The van der Waals surface area contributed by atoms with Crippen molar-refractivity contribution in [2.45, 2.75) is 6.92 Å². The molecule has 0 unspecified atom stereocenters. The van der Waals surface area contributed by atoms with E-state index < -0.39 is 6.16 Å². The van der Waals surface area contributed by atoms with Crippen LogP contribution in [0.25, 0.3) is 0 Å². The third-order valence-corrected chi connectivity index (χ3v) is 1.53. The minimum Gasteiger partial charge on any atom is -0.437 e. The lowest BCUT2D eigenvalue weighted by Gasteiger charge is -2.05. The van der Waals surface area contributed by atoms with Gasteiger partial charge in [0.05, 0.1) is 12.8 Å². The molecule has 0 aromatic heterocycles. The molecule has 4 heteroatoms. The van der Waals surface area contributed by atoms with Crippen LogP contribution in [0.3, 0.4) is 0 Å². The van der Waals surface area contributed by atoms with Gasteiger partial charge in [0.2, 0.25) is 0 Å². The van der Waals surface area contributed by atoms with Gasteiger partial charge in [0.15, 0.2) is 5.75 Å². The van der Waals surface area contributed by atoms with Crippen molar-refractivity contribution >= 4 is 11.8 Å². The second kappa shape index (κ2) is 3.80. The Morgan fingerprint density at radius 1 is 1.46 bits per heavy atom. The van der Waals surface area contributed by atoms with Gasteiger partial charge >= 0.3 is 6.16 Å². The molecule has 0 radical (unpaired) electrons. The highest BCUT2D eigenvalue weighted by atomic mass is 16.7. The first kappa shape index (κ1) is 9.38. The summed E-state index contributed by atoms with van der Waals surface area (Å²) in [5.41, 5.74) is 7.02. The van der Waals surface area contributed by atoms with Crippen molar-refractivity contribution in [3.8, 4) is 5.75 Å². The fourth-order valence-corrected chi connectivity index (χ4v) is 0.892. The monoisotopic (exact) mass is 181 g/mol. The summed E-state index contributed by atoms with van der Waals surface area (Å²) in [6.07, 6.45) is -0.768. The van der Waals surface area contributed by atoms with Crippen LogP contribution in [0.2, 0.25) is 0 Å². The Bertz CT molecular complexity index is 323. The molecule has 0 aliphatic rings. The lowest BCUT2D eigenvalue weighted by Crippen LogP contribution is -2.08. The van der Waals surface area contributed by atoms with Gasteiger partial charge in [-0.1, -0.05) is 6.07 Å². The van der Waals surface area contributed by atoms with E-state index in [1.807, 2.05) is 6.92 Å². The van der Waals surface area contributed by atoms with Gasteiger partial charge in [-0.25, -0.2) is 4.79 Å². The van der Waals surface area contributed by atoms with E-state index in [1.54, 1.807) is 18.2 Å². The number of rotatable bonds is 1. The topological polar surface area (TPSA) is 61.5 Å². The molecule has 1 rings (SSSR count). The van der Waals surface area contributed by atoms with Crippen molar-refractivity contribution in [3.63, 3.8) is 0 Å². The molecule has 0 heterocycles.